The summed E-state index contributed by atoms with van der Waals surface area (Å²) in [6.45, 7) is 6.97. The first-order valence-electron chi connectivity index (χ1n) is 6.34. The fraction of sp³-hybridized carbons (Fsp3) is 0.615. The largest absolute Gasteiger partial charge is 0.481 e. The number of carboxylic acids is 1. The van der Waals surface area contributed by atoms with Crippen LogP contribution in [0.5, 0.6) is 0 Å². The Kier molecular flexibility index (Phi) is 6.06. The number of amides is 1. The summed E-state index contributed by atoms with van der Waals surface area (Å²) in [7, 11) is 0. The van der Waals surface area contributed by atoms with Gasteiger partial charge in [-0.25, -0.2) is 0 Å². The summed E-state index contributed by atoms with van der Waals surface area (Å²) in [6.07, 6.45) is 0. The molecule has 0 aliphatic carbocycles. The van der Waals surface area contributed by atoms with Gasteiger partial charge in [-0.1, -0.05) is 5.16 Å². The van der Waals surface area contributed by atoms with Gasteiger partial charge in [0.25, 0.3) is 0 Å². The van der Waals surface area contributed by atoms with Crippen LogP contribution in [0.15, 0.2) is 4.52 Å². The van der Waals surface area contributed by atoms with Crippen LogP contribution in [0.1, 0.15) is 30.9 Å². The number of rotatable bonds is 7. The lowest BCUT2D eigenvalue weighted by molar-refractivity contribution is -0.142. The molecule has 2 atom stereocenters. The van der Waals surface area contributed by atoms with Gasteiger partial charge in [-0.3, -0.25) is 9.59 Å². The number of thioether (sulfide) groups is 1. The van der Waals surface area contributed by atoms with Crippen molar-refractivity contribution in [3.05, 3.63) is 17.0 Å². The maximum atomic E-state index is 11.7. The third kappa shape index (κ3) is 4.56. The van der Waals surface area contributed by atoms with Crippen molar-refractivity contribution in [1.82, 2.24) is 10.5 Å². The minimum absolute atomic E-state index is 0.164. The highest BCUT2D eigenvalue weighted by Gasteiger charge is 2.20. The van der Waals surface area contributed by atoms with Crippen molar-refractivity contribution in [2.24, 2.45) is 5.92 Å². The summed E-state index contributed by atoms with van der Waals surface area (Å²) >= 11 is 1.45. The monoisotopic (exact) mass is 300 g/mol. The second kappa shape index (κ2) is 7.33. The van der Waals surface area contributed by atoms with Crippen molar-refractivity contribution in [3.63, 3.8) is 0 Å². The van der Waals surface area contributed by atoms with Crippen molar-refractivity contribution in [3.8, 4) is 0 Å². The van der Waals surface area contributed by atoms with Crippen LogP contribution in [0.2, 0.25) is 0 Å². The van der Waals surface area contributed by atoms with Crippen LogP contribution in [0.4, 0.5) is 0 Å². The Hall–Kier alpha value is -1.50. The molecule has 2 unspecified atom stereocenters. The molecule has 7 heteroatoms. The normalized spacial score (nSPS) is 13.8. The summed E-state index contributed by atoms with van der Waals surface area (Å²) in [6, 6.07) is -0.389. The van der Waals surface area contributed by atoms with Gasteiger partial charge >= 0.3 is 5.97 Å². The Morgan fingerprint density at radius 1 is 1.40 bits per heavy atom. The van der Waals surface area contributed by atoms with Gasteiger partial charge in [-0.2, -0.15) is 0 Å². The zero-order valence-corrected chi connectivity index (χ0v) is 12.9. The first-order chi connectivity index (χ1) is 9.32. The van der Waals surface area contributed by atoms with Crippen LogP contribution < -0.4 is 5.32 Å². The molecular formula is C13H20N2O4S. The van der Waals surface area contributed by atoms with Crippen LogP contribution in [0.3, 0.4) is 0 Å². The van der Waals surface area contributed by atoms with Crippen LogP contribution in [0.25, 0.3) is 0 Å². The van der Waals surface area contributed by atoms with Gasteiger partial charge in [0.1, 0.15) is 5.76 Å². The van der Waals surface area contributed by atoms with Gasteiger partial charge in [-0.05, 0) is 27.7 Å². The molecule has 1 aromatic rings. The van der Waals surface area contributed by atoms with E-state index in [4.69, 9.17) is 9.63 Å². The Balaban J connectivity index is 2.36. The summed E-state index contributed by atoms with van der Waals surface area (Å²) in [5.41, 5.74) is 1.85. The standard InChI is InChI=1S/C13H20N2O4S/c1-7(13(17)18)8(2)14-12(16)6-20-5-11-9(3)15-19-10(11)4/h7-8H,5-6H2,1-4H3,(H,14,16)(H,17,18). The fourth-order valence-electron chi connectivity index (χ4n) is 1.59. The van der Waals surface area contributed by atoms with Crippen LogP contribution in [0, 0.1) is 19.8 Å². The lowest BCUT2D eigenvalue weighted by Gasteiger charge is -2.17. The first kappa shape index (κ1) is 16.6. The quantitative estimate of drug-likeness (QED) is 0.797. The SMILES string of the molecule is Cc1noc(C)c1CSCC(=O)NC(C)C(C)C(=O)O. The van der Waals surface area contributed by atoms with Crippen LogP contribution >= 0.6 is 11.8 Å². The number of aliphatic carboxylic acids is 1. The number of carbonyl (C=O) groups is 2. The summed E-state index contributed by atoms with van der Waals surface area (Å²) in [5, 5.41) is 15.4. The van der Waals surface area contributed by atoms with Gasteiger partial charge in [0.2, 0.25) is 5.91 Å². The Morgan fingerprint density at radius 2 is 2.05 bits per heavy atom. The maximum absolute atomic E-state index is 11.7. The molecule has 0 saturated heterocycles. The zero-order chi connectivity index (χ0) is 15.3. The van der Waals surface area contributed by atoms with Crippen LogP contribution in [-0.2, 0) is 15.3 Å². The lowest BCUT2D eigenvalue weighted by Crippen LogP contribution is -2.40. The number of hydrogen-bond acceptors (Lipinski definition) is 5. The molecule has 0 aromatic carbocycles. The molecule has 0 fully saturated rings. The predicted molar refractivity (Wildman–Crippen MR) is 76.5 cm³/mol. The average Bonchev–Trinajstić information content (AvgIpc) is 2.69. The molecule has 1 heterocycles. The number of carbonyl (C=O) groups excluding carboxylic acids is 1. The molecule has 0 aliphatic heterocycles. The lowest BCUT2D eigenvalue weighted by atomic mass is 10.0. The third-order valence-electron chi connectivity index (χ3n) is 3.19. The van der Waals surface area contributed by atoms with Crippen molar-refractivity contribution in [1.29, 1.82) is 0 Å². The van der Waals surface area contributed by atoms with Crippen LogP contribution in [-0.4, -0.2) is 33.9 Å². The minimum Gasteiger partial charge on any atom is -0.481 e. The van der Waals surface area contributed by atoms with Crippen molar-refractivity contribution >= 4 is 23.6 Å². The molecule has 6 nitrogen and oxygen atoms in total. The molecule has 1 amide bonds. The van der Waals surface area contributed by atoms with Crippen molar-refractivity contribution in [2.75, 3.05) is 5.75 Å². The molecule has 112 valence electrons. The summed E-state index contributed by atoms with van der Waals surface area (Å²) in [5.74, 6) is 0.0105. The highest BCUT2D eigenvalue weighted by molar-refractivity contribution is 7.99. The van der Waals surface area contributed by atoms with E-state index < -0.39 is 11.9 Å². The number of nitrogens with zero attached hydrogens (tertiary/aromatic N) is 1. The maximum Gasteiger partial charge on any atom is 0.308 e. The fourth-order valence-corrected chi connectivity index (χ4v) is 2.58. The Morgan fingerprint density at radius 3 is 2.55 bits per heavy atom. The number of aryl methyl sites for hydroxylation is 2. The molecule has 20 heavy (non-hydrogen) atoms. The van der Waals surface area contributed by atoms with Gasteiger partial charge < -0.3 is 14.9 Å². The molecule has 0 spiro atoms. The van der Waals surface area contributed by atoms with E-state index in [2.05, 4.69) is 10.5 Å². The van der Waals surface area contributed by atoms with Gasteiger partial charge in [0.05, 0.1) is 17.4 Å². The molecular weight excluding hydrogens is 280 g/mol. The van der Waals surface area contributed by atoms with Crippen molar-refractivity contribution < 1.29 is 19.2 Å². The molecule has 1 aromatic heterocycles. The van der Waals surface area contributed by atoms with Crippen molar-refractivity contribution in [2.45, 2.75) is 39.5 Å². The highest BCUT2D eigenvalue weighted by Crippen LogP contribution is 2.19. The van der Waals surface area contributed by atoms with E-state index in [1.54, 1.807) is 13.8 Å². The minimum atomic E-state index is -0.916. The predicted octanol–water partition coefficient (Wildman–Crippen LogP) is 1.75. The van der Waals surface area contributed by atoms with Gasteiger partial charge in [0, 0.05) is 17.4 Å². The summed E-state index contributed by atoms with van der Waals surface area (Å²) < 4.78 is 5.05. The number of carboxylic acid groups (broad SMARTS) is 1. The van der Waals surface area contributed by atoms with E-state index in [-0.39, 0.29) is 17.7 Å². The first-order valence-corrected chi connectivity index (χ1v) is 7.50. The van der Waals surface area contributed by atoms with E-state index in [0.717, 1.165) is 17.0 Å². The molecule has 2 N–H and O–H groups in total. The molecule has 0 radical (unpaired) electrons. The smallest absolute Gasteiger partial charge is 0.308 e. The van der Waals surface area contributed by atoms with E-state index in [1.807, 2.05) is 13.8 Å². The summed E-state index contributed by atoms with van der Waals surface area (Å²) in [4.78, 5) is 22.5. The van der Waals surface area contributed by atoms with Gasteiger partial charge in [-0.15, -0.1) is 11.8 Å². The van der Waals surface area contributed by atoms with Gasteiger partial charge in [0.15, 0.2) is 0 Å². The third-order valence-corrected chi connectivity index (χ3v) is 4.15. The number of nitrogens with one attached hydrogen (secondary N) is 1. The second-order valence-electron chi connectivity index (χ2n) is 4.78. The number of hydrogen-bond donors (Lipinski definition) is 2. The molecule has 0 bridgehead atoms. The topological polar surface area (TPSA) is 92.4 Å². The average molecular weight is 300 g/mol. The molecule has 0 saturated carbocycles. The van der Waals surface area contributed by atoms with E-state index in [0.29, 0.717) is 5.75 Å². The molecule has 0 aliphatic rings. The van der Waals surface area contributed by atoms with E-state index in [9.17, 15) is 9.59 Å². The molecule has 1 rings (SSSR count). The number of aromatic nitrogens is 1. The Bertz CT molecular complexity index is 467. The zero-order valence-electron chi connectivity index (χ0n) is 12.1. The highest BCUT2D eigenvalue weighted by atomic mass is 32.2. The van der Waals surface area contributed by atoms with E-state index in [1.165, 1.54) is 11.8 Å². The Labute approximate surface area is 122 Å². The second-order valence-corrected chi connectivity index (χ2v) is 5.76. The van der Waals surface area contributed by atoms with E-state index >= 15 is 0 Å².